The van der Waals surface area contributed by atoms with Gasteiger partial charge in [0.2, 0.25) is 11.8 Å². The summed E-state index contributed by atoms with van der Waals surface area (Å²) in [6, 6.07) is -2.62. The van der Waals surface area contributed by atoms with Crippen LogP contribution in [0.4, 0.5) is 0 Å². The molecule has 106 valence electrons. The molecule has 8 nitrogen and oxygen atoms in total. The first-order valence-electron chi connectivity index (χ1n) is 5.59. The van der Waals surface area contributed by atoms with Gasteiger partial charge in [0.25, 0.3) is 0 Å². The molecule has 0 aromatic carbocycles. The Labute approximate surface area is 109 Å². The zero-order valence-corrected chi connectivity index (χ0v) is 11.4. The second-order valence-electron chi connectivity index (χ2n) is 5.20. The molecule has 2 aliphatic rings. The molecule has 0 bridgehead atoms. The van der Waals surface area contributed by atoms with Gasteiger partial charge in [-0.15, -0.1) is 0 Å². The molecule has 2 rings (SSSR count). The normalized spacial score (nSPS) is 34.4. The lowest BCUT2D eigenvalue weighted by atomic mass is 9.96. The summed E-state index contributed by atoms with van der Waals surface area (Å²) in [5.41, 5.74) is 0. The molecule has 0 aromatic heterocycles. The first-order chi connectivity index (χ1) is 8.53. The second kappa shape index (κ2) is 3.69. The predicted molar refractivity (Wildman–Crippen MR) is 62.7 cm³/mol. The van der Waals surface area contributed by atoms with Crippen LogP contribution in [0.5, 0.6) is 0 Å². The van der Waals surface area contributed by atoms with Crippen LogP contribution in [0.15, 0.2) is 0 Å². The molecule has 3 atom stereocenters. The van der Waals surface area contributed by atoms with Gasteiger partial charge in [-0.1, -0.05) is 0 Å². The van der Waals surface area contributed by atoms with E-state index in [1.807, 2.05) is 0 Å². The van der Waals surface area contributed by atoms with Gasteiger partial charge in [-0.2, -0.15) is 0 Å². The van der Waals surface area contributed by atoms with Gasteiger partial charge >= 0.3 is 5.97 Å². The summed E-state index contributed by atoms with van der Waals surface area (Å²) in [5, 5.41) is 10.1. The summed E-state index contributed by atoms with van der Waals surface area (Å²) >= 11 is 0. The first kappa shape index (κ1) is 13.8. The topological polar surface area (TPSA) is 121 Å². The number of fused-ring (bicyclic) bond motifs is 1. The number of nitrogens with one attached hydrogen (secondary N) is 1. The third-order valence-electron chi connectivity index (χ3n) is 3.66. The minimum atomic E-state index is -3.88. The molecule has 2 saturated heterocycles. The van der Waals surface area contributed by atoms with E-state index in [1.54, 1.807) is 0 Å². The number of amides is 2. The van der Waals surface area contributed by atoms with Crippen molar-refractivity contribution in [3.8, 4) is 0 Å². The first-order valence-corrected chi connectivity index (χ1v) is 7.13. The molecule has 2 N–H and O–H groups in total. The predicted octanol–water partition coefficient (Wildman–Crippen LogP) is -1.68. The Morgan fingerprint density at radius 3 is 2.32 bits per heavy atom. The van der Waals surface area contributed by atoms with Crippen LogP contribution in [-0.2, 0) is 24.2 Å². The largest absolute Gasteiger partial charge is 0.480 e. The number of sulfone groups is 1. The van der Waals surface area contributed by atoms with Gasteiger partial charge in [0.1, 0.15) is 16.8 Å². The Kier molecular flexibility index (Phi) is 2.67. The van der Waals surface area contributed by atoms with Crippen molar-refractivity contribution >= 4 is 27.6 Å². The number of carbonyl (C=O) groups is 3. The number of aliphatic carboxylic acids is 1. The van der Waals surface area contributed by atoms with E-state index in [9.17, 15) is 22.8 Å². The lowest BCUT2D eigenvalue weighted by Gasteiger charge is -2.42. The van der Waals surface area contributed by atoms with Gasteiger partial charge < -0.3 is 15.3 Å². The third kappa shape index (κ3) is 1.50. The highest BCUT2D eigenvalue weighted by Crippen LogP contribution is 2.45. The summed E-state index contributed by atoms with van der Waals surface area (Å²) in [5.74, 6) is -2.59. The van der Waals surface area contributed by atoms with Gasteiger partial charge in [-0.25, -0.2) is 13.2 Å². The Morgan fingerprint density at radius 1 is 1.37 bits per heavy atom. The standard InChI is InChI=1S/C10H14N2O6S/c1-4(13)11-5-7(14)12-6(9(15)16)10(2,3)19(17,18)8(5)12/h5-6,8H,1-3H3,(H,11,13)(H,15,16)/t5-,6+,8-/m1/s1. The average molecular weight is 290 g/mol. The van der Waals surface area contributed by atoms with Crippen molar-refractivity contribution in [3.63, 3.8) is 0 Å². The molecule has 2 heterocycles. The smallest absolute Gasteiger partial charge is 0.328 e. The lowest BCUT2D eigenvalue weighted by molar-refractivity contribution is -0.161. The van der Waals surface area contributed by atoms with Crippen molar-refractivity contribution < 1.29 is 27.9 Å². The highest BCUT2D eigenvalue weighted by molar-refractivity contribution is 7.94. The van der Waals surface area contributed by atoms with Crippen LogP contribution in [0.25, 0.3) is 0 Å². The highest BCUT2D eigenvalue weighted by atomic mass is 32.2. The number of carbonyl (C=O) groups excluding carboxylic acids is 2. The number of β-lactam (4-membered cyclic amide) rings is 1. The number of hydrogen-bond donors (Lipinski definition) is 2. The van der Waals surface area contributed by atoms with Crippen molar-refractivity contribution in [1.82, 2.24) is 10.2 Å². The van der Waals surface area contributed by atoms with E-state index < -0.39 is 49.8 Å². The molecule has 0 aliphatic carbocycles. The zero-order chi connectivity index (χ0) is 14.7. The molecule has 19 heavy (non-hydrogen) atoms. The molecule has 2 amide bonds. The Bertz CT molecular complexity index is 581. The minimum absolute atomic E-state index is 0.537. The van der Waals surface area contributed by atoms with Gasteiger partial charge in [0.05, 0.1) is 0 Å². The summed E-state index contributed by atoms with van der Waals surface area (Å²) in [6.45, 7) is 3.71. The summed E-state index contributed by atoms with van der Waals surface area (Å²) < 4.78 is 23.0. The molecule has 9 heteroatoms. The quantitative estimate of drug-likeness (QED) is 0.586. The fraction of sp³-hybridized carbons (Fsp3) is 0.700. The molecule has 0 radical (unpaired) electrons. The van der Waals surface area contributed by atoms with Crippen LogP contribution in [0.3, 0.4) is 0 Å². The van der Waals surface area contributed by atoms with Crippen molar-refractivity contribution in [1.29, 1.82) is 0 Å². The number of nitrogens with zero attached hydrogens (tertiary/aromatic N) is 1. The van der Waals surface area contributed by atoms with Crippen molar-refractivity contribution in [2.24, 2.45) is 0 Å². The van der Waals surface area contributed by atoms with Gasteiger partial charge in [0, 0.05) is 6.92 Å². The van der Waals surface area contributed by atoms with Gasteiger partial charge in [0.15, 0.2) is 15.2 Å². The molecule has 0 unspecified atom stereocenters. The number of rotatable bonds is 2. The molecule has 0 spiro atoms. The fourth-order valence-electron chi connectivity index (χ4n) is 2.66. The summed E-state index contributed by atoms with van der Waals surface area (Å²) in [4.78, 5) is 34.9. The zero-order valence-electron chi connectivity index (χ0n) is 10.6. The second-order valence-corrected chi connectivity index (χ2v) is 7.83. The maximum Gasteiger partial charge on any atom is 0.328 e. The molecule has 0 aromatic rings. The van der Waals surface area contributed by atoms with E-state index in [0.29, 0.717) is 0 Å². The van der Waals surface area contributed by atoms with Crippen molar-refractivity contribution in [3.05, 3.63) is 0 Å². The monoisotopic (exact) mass is 290 g/mol. The van der Waals surface area contributed by atoms with Crippen LogP contribution in [0, 0.1) is 0 Å². The van der Waals surface area contributed by atoms with Crippen LogP contribution >= 0.6 is 0 Å². The molecule has 2 fully saturated rings. The Morgan fingerprint density at radius 2 is 1.89 bits per heavy atom. The van der Waals surface area contributed by atoms with E-state index in [1.165, 1.54) is 13.8 Å². The SMILES string of the molecule is CC(=O)N[C@@H]1C(=O)N2[C@@H](C(=O)O)C(C)(C)S(=O)(=O)[C@H]12. The average Bonchev–Trinajstić information content (AvgIpc) is 2.38. The maximum absolute atomic E-state index is 12.3. The van der Waals surface area contributed by atoms with E-state index in [0.717, 1.165) is 11.8 Å². The Hall–Kier alpha value is -1.64. The van der Waals surface area contributed by atoms with E-state index >= 15 is 0 Å². The van der Waals surface area contributed by atoms with Crippen LogP contribution < -0.4 is 5.32 Å². The van der Waals surface area contributed by atoms with Crippen molar-refractivity contribution in [2.45, 2.75) is 43.0 Å². The van der Waals surface area contributed by atoms with Gasteiger partial charge in [-0.05, 0) is 13.8 Å². The molecule has 0 saturated carbocycles. The highest BCUT2D eigenvalue weighted by Gasteiger charge is 2.72. The Balaban J connectivity index is 2.48. The third-order valence-corrected chi connectivity index (χ3v) is 6.49. The van der Waals surface area contributed by atoms with Crippen LogP contribution in [-0.4, -0.2) is 58.4 Å². The van der Waals surface area contributed by atoms with E-state index in [2.05, 4.69) is 5.32 Å². The lowest BCUT2D eigenvalue weighted by Crippen LogP contribution is -2.71. The van der Waals surface area contributed by atoms with Gasteiger partial charge in [-0.3, -0.25) is 9.59 Å². The van der Waals surface area contributed by atoms with Crippen LogP contribution in [0.1, 0.15) is 20.8 Å². The molecular weight excluding hydrogens is 276 g/mol. The number of hydrogen-bond acceptors (Lipinski definition) is 5. The van der Waals surface area contributed by atoms with E-state index in [-0.39, 0.29) is 0 Å². The summed E-state index contributed by atoms with van der Waals surface area (Å²) in [7, 11) is -3.88. The molecule has 2 aliphatic heterocycles. The summed E-state index contributed by atoms with van der Waals surface area (Å²) in [6.07, 6.45) is 0. The van der Waals surface area contributed by atoms with Crippen LogP contribution in [0.2, 0.25) is 0 Å². The maximum atomic E-state index is 12.3. The molecular formula is C10H14N2O6S. The van der Waals surface area contributed by atoms with E-state index in [4.69, 9.17) is 5.11 Å². The minimum Gasteiger partial charge on any atom is -0.480 e. The fourth-order valence-corrected chi connectivity index (χ4v) is 4.87. The number of carboxylic acid groups (broad SMARTS) is 1. The number of carboxylic acids is 1. The van der Waals surface area contributed by atoms with Crippen molar-refractivity contribution in [2.75, 3.05) is 0 Å².